The summed E-state index contributed by atoms with van der Waals surface area (Å²) in [6.07, 6.45) is 1.52. The molecule has 0 bridgehead atoms. The van der Waals surface area contributed by atoms with E-state index in [9.17, 15) is 9.59 Å². The fourth-order valence-electron chi connectivity index (χ4n) is 3.18. The summed E-state index contributed by atoms with van der Waals surface area (Å²) in [5.41, 5.74) is 4.16. The zero-order valence-corrected chi connectivity index (χ0v) is 15.4. The van der Waals surface area contributed by atoms with E-state index in [0.717, 1.165) is 11.1 Å². The van der Waals surface area contributed by atoms with E-state index >= 15 is 0 Å². The molecule has 0 N–H and O–H groups in total. The second-order valence-corrected chi connectivity index (χ2v) is 6.86. The van der Waals surface area contributed by atoms with Crippen LogP contribution in [-0.4, -0.2) is 11.7 Å². The van der Waals surface area contributed by atoms with Gasteiger partial charge in [-0.25, -0.2) is 0 Å². The fraction of sp³-hybridized carbons (Fsp3) is 0.0435. The van der Waals surface area contributed by atoms with Crippen LogP contribution in [0.15, 0.2) is 78.9 Å². The maximum absolute atomic E-state index is 13.0. The van der Waals surface area contributed by atoms with Crippen LogP contribution in [0.5, 0.6) is 0 Å². The number of amides is 1. The number of hydrogen-bond acceptors (Lipinski definition) is 2. The molecule has 1 heterocycles. The zero-order chi connectivity index (χ0) is 19.0. The molecule has 0 saturated carbocycles. The molecule has 0 unspecified atom stereocenters. The molecule has 0 atom stereocenters. The summed E-state index contributed by atoms with van der Waals surface area (Å²) in [4.78, 5) is 27.4. The Morgan fingerprint density at radius 3 is 2.33 bits per heavy atom. The van der Waals surface area contributed by atoms with Crippen molar-refractivity contribution in [2.75, 3.05) is 4.90 Å². The van der Waals surface area contributed by atoms with E-state index in [0.29, 0.717) is 27.5 Å². The van der Waals surface area contributed by atoms with E-state index in [1.165, 1.54) is 6.08 Å². The van der Waals surface area contributed by atoms with E-state index in [1.807, 2.05) is 37.3 Å². The lowest BCUT2D eigenvalue weighted by Gasteiger charge is -2.18. The highest BCUT2D eigenvalue weighted by Gasteiger charge is 2.33. The van der Waals surface area contributed by atoms with Crippen molar-refractivity contribution in [1.29, 1.82) is 0 Å². The molecule has 132 valence electrons. The number of benzene rings is 3. The Bertz CT molecular complexity index is 1080. The summed E-state index contributed by atoms with van der Waals surface area (Å²) in [5.74, 6) is -0.322. The molecule has 0 radical (unpaired) electrons. The summed E-state index contributed by atoms with van der Waals surface area (Å²) in [6, 6.07) is 21.7. The molecule has 4 rings (SSSR count). The highest BCUT2D eigenvalue weighted by atomic mass is 35.5. The van der Waals surface area contributed by atoms with Gasteiger partial charge in [-0.3, -0.25) is 14.5 Å². The number of nitrogens with zero attached hydrogens (tertiary/aromatic N) is 1. The molecule has 1 aliphatic heterocycles. The number of carbonyl (C=O) groups excluding carboxylic acids is 2. The van der Waals surface area contributed by atoms with Crippen LogP contribution in [-0.2, 0) is 0 Å². The number of halogens is 1. The van der Waals surface area contributed by atoms with E-state index in [2.05, 4.69) is 0 Å². The predicted octanol–water partition coefficient (Wildman–Crippen LogP) is 5.53. The minimum atomic E-state index is -0.171. The van der Waals surface area contributed by atoms with Gasteiger partial charge < -0.3 is 0 Å². The van der Waals surface area contributed by atoms with Crippen molar-refractivity contribution in [2.24, 2.45) is 0 Å². The molecule has 27 heavy (non-hydrogen) atoms. The molecule has 4 heteroatoms. The van der Waals surface area contributed by atoms with Gasteiger partial charge >= 0.3 is 0 Å². The van der Waals surface area contributed by atoms with Gasteiger partial charge in [0.05, 0.1) is 11.4 Å². The highest BCUT2D eigenvalue weighted by Crippen LogP contribution is 2.37. The first-order valence-electron chi connectivity index (χ1n) is 8.57. The van der Waals surface area contributed by atoms with Gasteiger partial charge in [-0.05, 0) is 31.2 Å². The van der Waals surface area contributed by atoms with Crippen LogP contribution >= 0.6 is 11.6 Å². The van der Waals surface area contributed by atoms with Crippen molar-refractivity contribution < 1.29 is 9.59 Å². The molecular formula is C23H16ClNO2. The number of rotatable bonds is 3. The first-order chi connectivity index (χ1) is 13.0. The molecule has 3 aromatic rings. The van der Waals surface area contributed by atoms with Gasteiger partial charge in [-0.2, -0.15) is 0 Å². The van der Waals surface area contributed by atoms with Gasteiger partial charge in [0.25, 0.3) is 5.91 Å². The fourth-order valence-corrected chi connectivity index (χ4v) is 3.37. The first-order valence-corrected chi connectivity index (χ1v) is 8.94. The van der Waals surface area contributed by atoms with Gasteiger partial charge in [0.15, 0.2) is 5.78 Å². The predicted molar refractivity (Wildman–Crippen MR) is 108 cm³/mol. The van der Waals surface area contributed by atoms with Crippen molar-refractivity contribution in [3.8, 4) is 0 Å². The molecule has 3 aromatic carbocycles. The Labute approximate surface area is 162 Å². The van der Waals surface area contributed by atoms with Crippen molar-refractivity contribution in [2.45, 2.75) is 6.92 Å². The Kier molecular flexibility index (Phi) is 4.38. The number of fused-ring (bicyclic) bond motifs is 1. The summed E-state index contributed by atoms with van der Waals surface area (Å²) in [7, 11) is 0. The lowest BCUT2D eigenvalue weighted by atomic mass is 10.0. The number of carbonyl (C=O) groups is 2. The Morgan fingerprint density at radius 2 is 1.63 bits per heavy atom. The van der Waals surface area contributed by atoms with Gasteiger partial charge in [0.2, 0.25) is 0 Å². The standard InChI is InChI=1S/C23H16ClNO2/c1-15-9-11-16(12-10-15)22(26)14-21-19-7-2-3-8-20(19)23(27)25(21)18-6-4-5-17(24)13-18/h2-14H,1H3/b21-14+. The molecule has 1 amide bonds. The summed E-state index contributed by atoms with van der Waals surface area (Å²) >= 11 is 6.12. The Morgan fingerprint density at radius 1 is 0.926 bits per heavy atom. The lowest BCUT2D eigenvalue weighted by molar-refractivity contribution is 0.101. The maximum Gasteiger partial charge on any atom is 0.263 e. The van der Waals surface area contributed by atoms with Crippen LogP contribution in [0.3, 0.4) is 0 Å². The maximum atomic E-state index is 13.0. The van der Waals surface area contributed by atoms with E-state index in [1.54, 1.807) is 47.4 Å². The minimum Gasteiger partial charge on any atom is -0.289 e. The molecule has 0 aliphatic carbocycles. The molecular weight excluding hydrogens is 358 g/mol. The summed E-state index contributed by atoms with van der Waals surface area (Å²) in [6.45, 7) is 1.97. The topological polar surface area (TPSA) is 37.4 Å². The molecule has 0 spiro atoms. The van der Waals surface area contributed by atoms with E-state index in [-0.39, 0.29) is 11.7 Å². The number of ketones is 1. The monoisotopic (exact) mass is 373 g/mol. The average molecular weight is 374 g/mol. The number of allylic oxidation sites excluding steroid dienone is 1. The highest BCUT2D eigenvalue weighted by molar-refractivity contribution is 6.31. The quantitative estimate of drug-likeness (QED) is 0.447. The van der Waals surface area contributed by atoms with Gasteiger partial charge in [0, 0.05) is 27.8 Å². The zero-order valence-electron chi connectivity index (χ0n) is 14.6. The summed E-state index contributed by atoms with van der Waals surface area (Å²) in [5, 5.41) is 0.528. The molecule has 1 aliphatic rings. The van der Waals surface area contributed by atoms with Crippen molar-refractivity contribution in [3.63, 3.8) is 0 Å². The van der Waals surface area contributed by atoms with Crippen LogP contribution in [0, 0.1) is 6.92 Å². The van der Waals surface area contributed by atoms with Crippen LogP contribution in [0.4, 0.5) is 5.69 Å². The van der Waals surface area contributed by atoms with Crippen LogP contribution < -0.4 is 4.90 Å². The third-order valence-corrected chi connectivity index (χ3v) is 4.78. The van der Waals surface area contributed by atoms with Crippen LogP contribution in [0.25, 0.3) is 5.70 Å². The first kappa shape index (κ1) is 17.3. The smallest absolute Gasteiger partial charge is 0.263 e. The van der Waals surface area contributed by atoms with Crippen molar-refractivity contribution in [1.82, 2.24) is 0 Å². The third-order valence-electron chi connectivity index (χ3n) is 4.55. The van der Waals surface area contributed by atoms with Gasteiger partial charge in [-0.15, -0.1) is 0 Å². The van der Waals surface area contributed by atoms with Crippen molar-refractivity contribution in [3.05, 3.63) is 106 Å². The SMILES string of the molecule is Cc1ccc(C(=O)/C=C2\c3ccccc3C(=O)N2c2cccc(Cl)c2)cc1. The van der Waals surface area contributed by atoms with Crippen LogP contribution in [0.2, 0.25) is 5.02 Å². The van der Waals surface area contributed by atoms with E-state index in [4.69, 9.17) is 11.6 Å². The molecule has 0 fully saturated rings. The summed E-state index contributed by atoms with van der Waals surface area (Å²) < 4.78 is 0. The lowest BCUT2D eigenvalue weighted by Crippen LogP contribution is -2.22. The number of anilines is 1. The second kappa shape index (κ2) is 6.86. The second-order valence-electron chi connectivity index (χ2n) is 6.43. The minimum absolute atomic E-state index is 0.151. The van der Waals surface area contributed by atoms with Crippen LogP contribution in [0.1, 0.15) is 31.8 Å². The van der Waals surface area contributed by atoms with Crippen molar-refractivity contribution >= 4 is 34.7 Å². The normalized spacial score (nSPS) is 14.5. The molecule has 3 nitrogen and oxygen atoms in total. The molecule has 0 saturated heterocycles. The van der Waals surface area contributed by atoms with Gasteiger partial charge in [-0.1, -0.05) is 65.7 Å². The largest absolute Gasteiger partial charge is 0.289 e. The van der Waals surface area contributed by atoms with Gasteiger partial charge in [0.1, 0.15) is 0 Å². The Hall–Kier alpha value is -3.17. The average Bonchev–Trinajstić information content (AvgIpc) is 2.94. The number of hydrogen-bond donors (Lipinski definition) is 0. The Balaban J connectivity index is 1.84. The molecule has 0 aromatic heterocycles. The van der Waals surface area contributed by atoms with E-state index < -0.39 is 0 Å². The third kappa shape index (κ3) is 3.18. The number of aryl methyl sites for hydroxylation is 1.